The summed E-state index contributed by atoms with van der Waals surface area (Å²) in [5.74, 6) is -0.937. The maximum absolute atomic E-state index is 12.8. The highest BCUT2D eigenvalue weighted by atomic mass is 16.1. The van der Waals surface area contributed by atoms with Crippen LogP contribution in [0.1, 0.15) is 20.7 Å². The Morgan fingerprint density at radius 2 is 1.76 bits per heavy atom. The van der Waals surface area contributed by atoms with E-state index < -0.39 is 12.0 Å². The van der Waals surface area contributed by atoms with E-state index in [-0.39, 0.29) is 11.6 Å². The number of Topliss-reactive ketones (excluding diaryl/α,β-unsaturated/α-hetero) is 2. The molecule has 3 aliphatic rings. The molecular weight excluding hydrogens is 264 g/mol. The molecule has 0 saturated heterocycles. The van der Waals surface area contributed by atoms with Crippen LogP contribution in [0.5, 0.6) is 0 Å². The summed E-state index contributed by atoms with van der Waals surface area (Å²) in [5.41, 5.74) is 1.91. The predicted molar refractivity (Wildman–Crippen MR) is 75.1 cm³/mol. The topological polar surface area (TPSA) is 61.2 Å². The molecule has 1 aliphatic carbocycles. The van der Waals surface area contributed by atoms with Gasteiger partial charge in [-0.2, -0.15) is 5.26 Å². The lowest BCUT2D eigenvalue weighted by Gasteiger charge is -2.31. The van der Waals surface area contributed by atoms with Gasteiger partial charge in [0.2, 0.25) is 0 Å². The van der Waals surface area contributed by atoms with Gasteiger partial charge in [0.15, 0.2) is 11.6 Å². The van der Waals surface area contributed by atoms with Gasteiger partial charge in [-0.25, -0.2) is 0 Å². The van der Waals surface area contributed by atoms with E-state index >= 15 is 0 Å². The van der Waals surface area contributed by atoms with Crippen molar-refractivity contribution in [3.8, 4) is 6.07 Å². The Labute approximate surface area is 121 Å². The molecule has 1 aromatic carbocycles. The summed E-state index contributed by atoms with van der Waals surface area (Å²) in [6, 6.07) is 8.33. The number of allylic oxidation sites excluding steroid dienone is 3. The van der Waals surface area contributed by atoms with E-state index in [9.17, 15) is 14.9 Å². The number of hydrogen-bond acceptors (Lipinski definition) is 4. The summed E-state index contributed by atoms with van der Waals surface area (Å²) in [5, 5.41) is 9.44. The standard InChI is InChI=1S/C17H10N2O2/c18-9-12-13-7-3-4-8-19(13)15-14(12)16(20)10-5-1-2-6-11(10)17(15)21/h1-8,14-15H. The maximum atomic E-state index is 12.8. The SMILES string of the molecule is N#CC1=C2C=CC=CN2C2C(=O)c3ccccc3C(=O)C12. The van der Waals surface area contributed by atoms with E-state index in [1.165, 1.54) is 0 Å². The Morgan fingerprint density at radius 3 is 2.48 bits per heavy atom. The number of nitriles is 1. The second kappa shape index (κ2) is 4.03. The quantitative estimate of drug-likeness (QED) is 0.727. The molecule has 0 bridgehead atoms. The van der Waals surface area contributed by atoms with Crippen LogP contribution in [0.25, 0.3) is 0 Å². The number of fused-ring (bicyclic) bond motifs is 4. The van der Waals surface area contributed by atoms with Gasteiger partial charge in [0.05, 0.1) is 23.3 Å². The second-order valence-corrected chi connectivity index (χ2v) is 5.22. The molecule has 4 nitrogen and oxygen atoms in total. The number of nitrogens with zero attached hydrogens (tertiary/aromatic N) is 2. The molecule has 100 valence electrons. The van der Waals surface area contributed by atoms with Gasteiger partial charge in [-0.05, 0) is 12.2 Å². The third-order valence-electron chi connectivity index (χ3n) is 4.22. The van der Waals surface area contributed by atoms with E-state index in [4.69, 9.17) is 0 Å². The highest BCUT2D eigenvalue weighted by Gasteiger charge is 2.51. The molecule has 0 aromatic heterocycles. The fourth-order valence-electron chi connectivity index (χ4n) is 3.32. The van der Waals surface area contributed by atoms with E-state index in [0.29, 0.717) is 22.4 Å². The van der Waals surface area contributed by atoms with E-state index in [0.717, 1.165) is 0 Å². The number of ketones is 2. The number of benzene rings is 1. The highest BCUT2D eigenvalue weighted by molar-refractivity contribution is 6.19. The third-order valence-corrected chi connectivity index (χ3v) is 4.22. The summed E-state index contributed by atoms with van der Waals surface area (Å²) in [4.78, 5) is 27.3. The normalized spacial score (nSPS) is 25.6. The summed E-state index contributed by atoms with van der Waals surface area (Å²) >= 11 is 0. The Bertz CT molecular complexity index is 823. The first kappa shape index (κ1) is 11.9. The minimum absolute atomic E-state index is 0.0992. The smallest absolute Gasteiger partial charge is 0.187 e. The largest absolute Gasteiger partial charge is 0.335 e. The van der Waals surface area contributed by atoms with E-state index in [1.807, 2.05) is 6.08 Å². The monoisotopic (exact) mass is 274 g/mol. The van der Waals surface area contributed by atoms with Gasteiger partial charge < -0.3 is 4.90 Å². The van der Waals surface area contributed by atoms with Crippen LogP contribution in [0.2, 0.25) is 0 Å². The molecule has 2 atom stereocenters. The average molecular weight is 274 g/mol. The van der Waals surface area contributed by atoms with Crippen LogP contribution in [0.15, 0.2) is 60.0 Å². The molecule has 1 aromatic rings. The molecule has 4 heteroatoms. The molecule has 2 heterocycles. The Kier molecular flexibility index (Phi) is 2.28. The molecule has 2 unspecified atom stereocenters. The molecular formula is C17H10N2O2. The van der Waals surface area contributed by atoms with Gasteiger partial charge in [-0.1, -0.05) is 30.3 Å². The highest BCUT2D eigenvalue weighted by Crippen LogP contribution is 2.42. The Hall–Kier alpha value is -2.93. The van der Waals surface area contributed by atoms with E-state index in [1.54, 1.807) is 47.5 Å². The lowest BCUT2D eigenvalue weighted by Crippen LogP contribution is -2.45. The van der Waals surface area contributed by atoms with Crippen molar-refractivity contribution in [2.75, 3.05) is 0 Å². The van der Waals surface area contributed by atoms with Crippen LogP contribution < -0.4 is 0 Å². The zero-order valence-corrected chi connectivity index (χ0v) is 11.0. The molecule has 4 rings (SSSR count). The fraction of sp³-hybridized carbons (Fsp3) is 0.118. The molecule has 0 amide bonds. The van der Waals surface area contributed by atoms with Crippen molar-refractivity contribution in [2.24, 2.45) is 5.92 Å². The first-order valence-electron chi connectivity index (χ1n) is 6.69. The van der Waals surface area contributed by atoms with Crippen LogP contribution in [0, 0.1) is 17.2 Å². The first-order chi connectivity index (χ1) is 10.2. The van der Waals surface area contributed by atoms with Gasteiger partial charge in [0.1, 0.15) is 6.04 Å². The van der Waals surface area contributed by atoms with Crippen LogP contribution >= 0.6 is 0 Å². The fourth-order valence-corrected chi connectivity index (χ4v) is 3.32. The average Bonchev–Trinajstić information content (AvgIpc) is 2.87. The summed E-state index contributed by atoms with van der Waals surface area (Å²) < 4.78 is 0. The molecule has 0 spiro atoms. The lowest BCUT2D eigenvalue weighted by atomic mass is 9.76. The maximum Gasteiger partial charge on any atom is 0.187 e. The lowest BCUT2D eigenvalue weighted by molar-refractivity contribution is 0.0765. The minimum atomic E-state index is -0.695. The van der Waals surface area contributed by atoms with Crippen LogP contribution in [-0.4, -0.2) is 22.5 Å². The molecule has 21 heavy (non-hydrogen) atoms. The van der Waals surface area contributed by atoms with Crippen molar-refractivity contribution in [1.29, 1.82) is 5.26 Å². The Morgan fingerprint density at radius 1 is 1.05 bits per heavy atom. The van der Waals surface area contributed by atoms with Crippen molar-refractivity contribution in [3.05, 3.63) is 71.1 Å². The predicted octanol–water partition coefficient (Wildman–Crippen LogP) is 2.23. The molecule has 2 aliphatic heterocycles. The number of hydrogen-bond donors (Lipinski definition) is 0. The zero-order chi connectivity index (χ0) is 14.6. The summed E-state index contributed by atoms with van der Waals surface area (Å²) in [7, 11) is 0. The Balaban J connectivity index is 1.97. The first-order valence-corrected chi connectivity index (χ1v) is 6.69. The molecule has 0 fully saturated rings. The molecule has 0 radical (unpaired) electrons. The number of carbonyl (C=O) groups is 2. The minimum Gasteiger partial charge on any atom is -0.335 e. The van der Waals surface area contributed by atoms with Gasteiger partial charge in [0.25, 0.3) is 0 Å². The molecule has 0 saturated carbocycles. The van der Waals surface area contributed by atoms with Gasteiger partial charge >= 0.3 is 0 Å². The zero-order valence-electron chi connectivity index (χ0n) is 11.0. The number of rotatable bonds is 0. The van der Waals surface area contributed by atoms with Crippen molar-refractivity contribution < 1.29 is 9.59 Å². The van der Waals surface area contributed by atoms with Crippen molar-refractivity contribution in [2.45, 2.75) is 6.04 Å². The van der Waals surface area contributed by atoms with Crippen LogP contribution in [0.3, 0.4) is 0 Å². The van der Waals surface area contributed by atoms with Crippen LogP contribution in [-0.2, 0) is 0 Å². The third kappa shape index (κ3) is 1.38. The van der Waals surface area contributed by atoms with Crippen molar-refractivity contribution in [3.63, 3.8) is 0 Å². The van der Waals surface area contributed by atoms with Gasteiger partial charge in [0, 0.05) is 17.3 Å². The van der Waals surface area contributed by atoms with Crippen molar-refractivity contribution >= 4 is 11.6 Å². The van der Waals surface area contributed by atoms with Crippen molar-refractivity contribution in [1.82, 2.24) is 4.90 Å². The summed E-state index contributed by atoms with van der Waals surface area (Å²) in [6.07, 6.45) is 7.15. The van der Waals surface area contributed by atoms with Crippen LogP contribution in [0.4, 0.5) is 0 Å². The van der Waals surface area contributed by atoms with Gasteiger partial charge in [-0.15, -0.1) is 0 Å². The van der Waals surface area contributed by atoms with Gasteiger partial charge in [-0.3, -0.25) is 9.59 Å². The summed E-state index contributed by atoms with van der Waals surface area (Å²) in [6.45, 7) is 0. The van der Waals surface area contributed by atoms with E-state index in [2.05, 4.69) is 6.07 Å². The number of carbonyl (C=O) groups excluding carboxylic acids is 2. The molecule has 0 N–H and O–H groups in total. The second-order valence-electron chi connectivity index (χ2n) is 5.22.